The molecule has 11 atom stereocenters. The van der Waals surface area contributed by atoms with E-state index in [4.69, 9.17) is 18.9 Å². The van der Waals surface area contributed by atoms with Crippen LogP contribution in [0, 0.1) is 5.41 Å². The van der Waals surface area contributed by atoms with Gasteiger partial charge in [0, 0.05) is 11.8 Å². The van der Waals surface area contributed by atoms with Gasteiger partial charge >= 0.3 is 0 Å². The summed E-state index contributed by atoms with van der Waals surface area (Å²) in [6, 6.07) is 0. The molecule has 0 radical (unpaired) electrons. The molecule has 7 N–H and O–H groups in total. The molecule has 2 fully saturated rings. The van der Waals surface area contributed by atoms with Crippen LogP contribution in [-0.4, -0.2) is 122 Å². The number of hydrogen-bond donors (Lipinski definition) is 7. The van der Waals surface area contributed by atoms with Gasteiger partial charge in [-0.3, -0.25) is 4.79 Å². The van der Waals surface area contributed by atoms with Crippen LogP contribution in [0.25, 0.3) is 0 Å². The zero-order chi connectivity index (χ0) is 27.0. The van der Waals surface area contributed by atoms with Gasteiger partial charge in [-0.15, -0.1) is 0 Å². The van der Waals surface area contributed by atoms with Crippen molar-refractivity contribution in [2.24, 2.45) is 5.41 Å². The fourth-order valence-electron chi connectivity index (χ4n) is 5.13. The van der Waals surface area contributed by atoms with Gasteiger partial charge < -0.3 is 54.7 Å². The molecule has 36 heavy (non-hydrogen) atoms. The molecular formula is C24H40O12. The van der Waals surface area contributed by atoms with E-state index in [0.29, 0.717) is 12.0 Å². The van der Waals surface area contributed by atoms with Gasteiger partial charge in [0.2, 0.25) is 0 Å². The van der Waals surface area contributed by atoms with E-state index >= 15 is 0 Å². The molecule has 0 saturated carbocycles. The summed E-state index contributed by atoms with van der Waals surface area (Å²) in [5.41, 5.74) is -1.33. The van der Waals surface area contributed by atoms with E-state index in [0.717, 1.165) is 0 Å². The largest absolute Gasteiger partial charge is 0.394 e. The lowest BCUT2D eigenvalue weighted by Gasteiger charge is -2.46. The van der Waals surface area contributed by atoms with Gasteiger partial charge in [0.25, 0.3) is 0 Å². The lowest BCUT2D eigenvalue weighted by molar-refractivity contribution is -0.318. The third kappa shape index (κ3) is 5.84. The molecule has 0 aromatic rings. The van der Waals surface area contributed by atoms with Crippen LogP contribution in [0.1, 0.15) is 47.0 Å². The van der Waals surface area contributed by atoms with Crippen LogP contribution in [-0.2, 0) is 23.7 Å². The van der Waals surface area contributed by atoms with Crippen LogP contribution in [0.3, 0.4) is 0 Å². The molecule has 208 valence electrons. The molecule has 2 heterocycles. The van der Waals surface area contributed by atoms with E-state index in [9.17, 15) is 40.5 Å². The maximum atomic E-state index is 11.9. The Balaban J connectivity index is 1.58. The SMILES string of the molecule is CC1=CC(=O)CC(C)(C)[C@]1(O)CC[C@@H](C)O[C@@H]1O[C@H](CO[C@@H]2O[C@@H](CO)[C@H](O)[C@H]2O)[C@@H](O)[C@H](O)[C@H]1O. The average Bonchev–Trinajstić information content (AvgIpc) is 3.08. The number of ketones is 1. The Morgan fingerprint density at radius 3 is 2.17 bits per heavy atom. The maximum Gasteiger partial charge on any atom is 0.186 e. The second-order valence-corrected chi connectivity index (χ2v) is 10.8. The Morgan fingerprint density at radius 2 is 1.58 bits per heavy atom. The van der Waals surface area contributed by atoms with Gasteiger partial charge in [0.15, 0.2) is 18.4 Å². The monoisotopic (exact) mass is 520 g/mol. The number of allylic oxidation sites excluding steroid dienone is 1. The average molecular weight is 521 g/mol. The van der Waals surface area contributed by atoms with Crippen molar-refractivity contribution in [2.45, 2.75) is 114 Å². The molecule has 1 aliphatic carbocycles. The van der Waals surface area contributed by atoms with Crippen molar-refractivity contribution in [1.82, 2.24) is 0 Å². The number of ether oxygens (including phenoxy) is 4. The Labute approximate surface area is 210 Å². The summed E-state index contributed by atoms with van der Waals surface area (Å²) < 4.78 is 22.1. The minimum atomic E-state index is -1.62. The fourth-order valence-corrected chi connectivity index (χ4v) is 5.13. The number of carbonyl (C=O) groups is 1. The molecule has 0 aromatic carbocycles. The minimum absolute atomic E-state index is 0.0390. The minimum Gasteiger partial charge on any atom is -0.394 e. The second kappa shape index (κ2) is 11.4. The highest BCUT2D eigenvalue weighted by atomic mass is 16.7. The summed E-state index contributed by atoms with van der Waals surface area (Å²) in [6.07, 6.45) is -10.6. The molecule has 2 saturated heterocycles. The van der Waals surface area contributed by atoms with Crippen LogP contribution >= 0.6 is 0 Å². The summed E-state index contributed by atoms with van der Waals surface area (Å²) in [7, 11) is 0. The van der Waals surface area contributed by atoms with Crippen molar-refractivity contribution < 1.29 is 59.5 Å². The summed E-state index contributed by atoms with van der Waals surface area (Å²) in [5.74, 6) is -0.0390. The normalized spacial score (nSPS) is 43.9. The summed E-state index contributed by atoms with van der Waals surface area (Å²) in [4.78, 5) is 11.9. The number of rotatable bonds is 9. The van der Waals surface area contributed by atoms with Crippen molar-refractivity contribution in [1.29, 1.82) is 0 Å². The highest BCUT2D eigenvalue weighted by Crippen LogP contribution is 2.46. The van der Waals surface area contributed by atoms with E-state index < -0.39 is 79.0 Å². The predicted molar refractivity (Wildman–Crippen MR) is 122 cm³/mol. The third-order valence-corrected chi connectivity index (χ3v) is 7.64. The number of hydrogen-bond acceptors (Lipinski definition) is 12. The zero-order valence-electron chi connectivity index (χ0n) is 21.1. The van der Waals surface area contributed by atoms with Crippen LogP contribution in [0.2, 0.25) is 0 Å². The molecule has 0 spiro atoms. The van der Waals surface area contributed by atoms with E-state index in [2.05, 4.69) is 0 Å². The van der Waals surface area contributed by atoms with Crippen molar-refractivity contribution in [2.75, 3.05) is 13.2 Å². The number of aliphatic hydroxyl groups excluding tert-OH is 6. The first kappa shape index (κ1) is 29.5. The summed E-state index contributed by atoms with van der Waals surface area (Å²) >= 11 is 0. The van der Waals surface area contributed by atoms with Crippen LogP contribution < -0.4 is 0 Å². The molecular weight excluding hydrogens is 480 g/mol. The molecule has 2 aliphatic heterocycles. The smallest absolute Gasteiger partial charge is 0.186 e. The van der Waals surface area contributed by atoms with Crippen molar-refractivity contribution >= 4 is 5.78 Å². The highest BCUT2D eigenvalue weighted by Gasteiger charge is 2.50. The first-order chi connectivity index (χ1) is 16.7. The third-order valence-electron chi connectivity index (χ3n) is 7.64. The number of aliphatic hydroxyl groups is 7. The van der Waals surface area contributed by atoms with Crippen molar-refractivity contribution in [3.63, 3.8) is 0 Å². The quantitative estimate of drug-likeness (QED) is 0.179. The molecule has 0 aromatic heterocycles. The van der Waals surface area contributed by atoms with E-state index in [-0.39, 0.29) is 25.2 Å². The second-order valence-electron chi connectivity index (χ2n) is 10.8. The maximum absolute atomic E-state index is 11.9. The van der Waals surface area contributed by atoms with Gasteiger partial charge in [-0.25, -0.2) is 0 Å². The fraction of sp³-hybridized carbons (Fsp3) is 0.875. The van der Waals surface area contributed by atoms with Gasteiger partial charge in [-0.1, -0.05) is 13.8 Å². The molecule has 0 bridgehead atoms. The van der Waals surface area contributed by atoms with Crippen LogP contribution in [0.4, 0.5) is 0 Å². The van der Waals surface area contributed by atoms with E-state index in [1.165, 1.54) is 6.08 Å². The van der Waals surface area contributed by atoms with Crippen LogP contribution in [0.5, 0.6) is 0 Å². The topological polar surface area (TPSA) is 196 Å². The van der Waals surface area contributed by atoms with Gasteiger partial charge in [-0.2, -0.15) is 0 Å². The standard InChI is InChI=1S/C24H40O12/c1-11-7-13(26)8-23(3,4)24(11,32)6-5-12(2)34-22-20(31)18(29)17(28)15(36-22)10-33-21-19(30)16(27)14(9-25)35-21/h7,12,14-22,25,27-32H,5-6,8-10H2,1-4H3/t12-,14+,15-,16+,17-,18+,19-,20-,21-,22-,24+/m1/s1. The summed E-state index contributed by atoms with van der Waals surface area (Å²) in [6.45, 7) is 6.18. The first-order valence-electron chi connectivity index (χ1n) is 12.2. The van der Waals surface area contributed by atoms with Crippen molar-refractivity contribution in [3.8, 4) is 0 Å². The Kier molecular flexibility index (Phi) is 9.33. The van der Waals surface area contributed by atoms with Crippen molar-refractivity contribution in [3.05, 3.63) is 11.6 Å². The lowest BCUT2D eigenvalue weighted by atomic mass is 9.63. The molecule has 12 heteroatoms. The van der Waals surface area contributed by atoms with Crippen LogP contribution in [0.15, 0.2) is 11.6 Å². The number of carbonyl (C=O) groups excluding carboxylic acids is 1. The molecule has 12 nitrogen and oxygen atoms in total. The summed E-state index contributed by atoms with van der Waals surface area (Å²) in [5, 5.41) is 71.4. The molecule has 3 aliphatic rings. The van der Waals surface area contributed by atoms with Gasteiger partial charge in [-0.05, 0) is 38.3 Å². The molecule has 0 unspecified atom stereocenters. The van der Waals surface area contributed by atoms with E-state index in [1.54, 1.807) is 13.8 Å². The highest BCUT2D eigenvalue weighted by molar-refractivity contribution is 5.92. The predicted octanol–water partition coefficient (Wildman–Crippen LogP) is -1.89. The molecule has 3 rings (SSSR count). The van der Waals surface area contributed by atoms with Gasteiger partial charge in [0.05, 0.1) is 24.9 Å². The Morgan fingerprint density at radius 1 is 1.00 bits per heavy atom. The molecule has 0 amide bonds. The lowest BCUT2D eigenvalue weighted by Crippen LogP contribution is -2.60. The van der Waals surface area contributed by atoms with Gasteiger partial charge in [0.1, 0.15) is 42.7 Å². The zero-order valence-corrected chi connectivity index (χ0v) is 21.1. The first-order valence-corrected chi connectivity index (χ1v) is 12.2. The van der Waals surface area contributed by atoms with E-state index in [1.807, 2.05) is 13.8 Å². The Bertz CT molecular complexity index is 802. The Hall–Kier alpha value is -1.03.